The van der Waals surface area contributed by atoms with Crippen LogP contribution in [0.15, 0.2) is 87.2 Å². The Morgan fingerprint density at radius 1 is 0.950 bits per heavy atom. The van der Waals surface area contributed by atoms with Crippen LogP contribution in [0.2, 0.25) is 0 Å². The Hall–Kier alpha value is -4.10. The van der Waals surface area contributed by atoms with Gasteiger partial charge in [0, 0.05) is 5.69 Å². The smallest absolute Gasteiger partial charge is 0.418 e. The van der Waals surface area contributed by atoms with Gasteiger partial charge in [0.2, 0.25) is 17.7 Å². The monoisotopic (exact) mass is 585 g/mol. The zero-order valence-corrected chi connectivity index (χ0v) is 21.9. The summed E-state index contributed by atoms with van der Waals surface area (Å²) in [5.41, 5.74) is -1.14. The number of imide groups is 1. The molecular formula is C27H18F3N3O5S2. The number of nitrogens with zero attached hydrogens (tertiary/aromatic N) is 2. The molecule has 2 aromatic carbocycles. The van der Waals surface area contributed by atoms with Crippen LogP contribution in [0.4, 0.5) is 24.5 Å². The molecule has 8 nitrogen and oxygen atoms in total. The molecule has 0 spiro atoms. The summed E-state index contributed by atoms with van der Waals surface area (Å²) in [6.07, 6.45) is -3.43. The third-order valence-corrected chi connectivity index (χ3v) is 9.31. The van der Waals surface area contributed by atoms with E-state index in [0.29, 0.717) is 20.5 Å². The molecule has 2 aliphatic heterocycles. The molecule has 0 bridgehead atoms. The van der Waals surface area contributed by atoms with Crippen molar-refractivity contribution in [2.75, 3.05) is 10.2 Å². The third kappa shape index (κ3) is 4.34. The largest absolute Gasteiger partial charge is 0.469 e. The topological polar surface area (TPSA) is 102 Å². The maximum Gasteiger partial charge on any atom is 0.418 e. The van der Waals surface area contributed by atoms with E-state index < -0.39 is 57.1 Å². The number of aromatic nitrogens is 1. The molecule has 13 heteroatoms. The lowest BCUT2D eigenvalue weighted by Gasteiger charge is -2.29. The molecule has 4 aromatic rings. The van der Waals surface area contributed by atoms with Crippen LogP contribution in [-0.2, 0) is 27.1 Å². The number of carbonyl (C=O) groups excluding carboxylic acids is 3. The molecule has 2 aliphatic rings. The Bertz CT molecular complexity index is 1680. The zero-order chi connectivity index (χ0) is 28.2. The number of alkyl halides is 3. The highest BCUT2D eigenvalue weighted by atomic mass is 32.2. The standard InChI is InChI=1S/C27H18F3N3O5S2/c28-27(29,30)15-9-4-5-10-16(15)33-23(35)20-19(17-11-6-12-38-17)22-25(39-21(20)24(33)36)32(26(37)40-22)13-18(34)31-14-7-2-1-3-8-14/h1-12,19-21H,13H2,(H,31,34). The van der Waals surface area contributed by atoms with Crippen LogP contribution in [0.1, 0.15) is 22.1 Å². The van der Waals surface area contributed by atoms with Crippen molar-refractivity contribution in [2.24, 2.45) is 5.92 Å². The number of hydrogen-bond donors (Lipinski definition) is 1. The van der Waals surface area contributed by atoms with Gasteiger partial charge >= 0.3 is 11.0 Å². The van der Waals surface area contributed by atoms with E-state index in [1.54, 1.807) is 42.5 Å². The second-order valence-corrected chi connectivity index (χ2v) is 11.2. The Morgan fingerprint density at radius 2 is 1.68 bits per heavy atom. The molecule has 3 atom stereocenters. The highest BCUT2D eigenvalue weighted by Gasteiger charge is 2.58. The molecule has 0 aliphatic carbocycles. The number of rotatable bonds is 5. The van der Waals surface area contributed by atoms with Crippen LogP contribution in [0.5, 0.6) is 0 Å². The van der Waals surface area contributed by atoms with E-state index in [1.807, 2.05) is 0 Å². The van der Waals surface area contributed by atoms with Crippen LogP contribution >= 0.6 is 23.1 Å². The van der Waals surface area contributed by atoms with Crippen molar-refractivity contribution >= 4 is 52.2 Å². The number of thioether (sulfide) groups is 1. The van der Waals surface area contributed by atoms with Crippen molar-refractivity contribution in [3.63, 3.8) is 0 Å². The average molecular weight is 586 g/mol. The Balaban J connectivity index is 1.41. The fourth-order valence-electron chi connectivity index (χ4n) is 5.04. The molecule has 3 amide bonds. The second kappa shape index (κ2) is 9.82. The van der Waals surface area contributed by atoms with Gasteiger partial charge in [-0.15, -0.1) is 0 Å². The van der Waals surface area contributed by atoms with Gasteiger partial charge in [0.1, 0.15) is 17.6 Å². The summed E-state index contributed by atoms with van der Waals surface area (Å²) in [5.74, 6) is -3.89. The molecule has 0 saturated carbocycles. The van der Waals surface area contributed by atoms with Crippen LogP contribution in [0.25, 0.3) is 0 Å². The van der Waals surface area contributed by atoms with Gasteiger partial charge in [-0.3, -0.25) is 23.7 Å². The zero-order valence-electron chi connectivity index (χ0n) is 20.3. The molecule has 0 radical (unpaired) electrons. The van der Waals surface area contributed by atoms with Gasteiger partial charge in [0.15, 0.2) is 0 Å². The Morgan fingerprint density at radius 3 is 2.38 bits per heavy atom. The molecular weight excluding hydrogens is 567 g/mol. The number of furan rings is 1. The number of benzene rings is 2. The quantitative estimate of drug-likeness (QED) is 0.333. The molecule has 40 heavy (non-hydrogen) atoms. The first-order valence-corrected chi connectivity index (χ1v) is 13.7. The molecule has 204 valence electrons. The van der Waals surface area contributed by atoms with Crippen LogP contribution in [0, 0.1) is 5.92 Å². The lowest BCUT2D eigenvalue weighted by molar-refractivity contribution is -0.137. The summed E-state index contributed by atoms with van der Waals surface area (Å²) in [6.45, 7) is -0.364. The number of thiazole rings is 1. The number of anilines is 2. The summed E-state index contributed by atoms with van der Waals surface area (Å²) in [6, 6.07) is 16.2. The number of nitrogens with one attached hydrogen (secondary N) is 1. The second-order valence-electron chi connectivity index (χ2n) is 9.12. The fraction of sp³-hybridized carbons (Fsp3) is 0.185. The summed E-state index contributed by atoms with van der Waals surface area (Å²) in [7, 11) is 0. The van der Waals surface area contributed by atoms with E-state index in [9.17, 15) is 32.3 Å². The predicted molar refractivity (Wildman–Crippen MR) is 141 cm³/mol. The summed E-state index contributed by atoms with van der Waals surface area (Å²) < 4.78 is 48.3. The van der Waals surface area contributed by atoms with Crippen LogP contribution < -0.4 is 15.1 Å². The number of amides is 3. The van der Waals surface area contributed by atoms with Gasteiger partial charge < -0.3 is 9.73 Å². The number of carbonyl (C=O) groups is 3. The molecule has 3 unspecified atom stereocenters. The van der Waals surface area contributed by atoms with Crippen molar-refractivity contribution in [1.82, 2.24) is 4.57 Å². The summed E-state index contributed by atoms with van der Waals surface area (Å²) in [4.78, 5) is 53.8. The molecule has 1 fully saturated rings. The van der Waals surface area contributed by atoms with E-state index in [-0.39, 0.29) is 12.3 Å². The number of fused-ring (bicyclic) bond motifs is 2. The van der Waals surface area contributed by atoms with Gasteiger partial charge in [-0.1, -0.05) is 53.4 Å². The minimum Gasteiger partial charge on any atom is -0.469 e. The van der Waals surface area contributed by atoms with Crippen molar-refractivity contribution in [3.8, 4) is 0 Å². The number of halogens is 3. The summed E-state index contributed by atoms with van der Waals surface area (Å²) >= 11 is 1.72. The molecule has 6 rings (SSSR count). The maximum atomic E-state index is 13.8. The van der Waals surface area contributed by atoms with Gasteiger partial charge in [-0.05, 0) is 36.4 Å². The third-order valence-electron chi connectivity index (χ3n) is 6.71. The number of para-hydroxylation sites is 2. The van der Waals surface area contributed by atoms with Gasteiger partial charge in [0.05, 0.1) is 39.3 Å². The van der Waals surface area contributed by atoms with Crippen molar-refractivity contribution in [1.29, 1.82) is 0 Å². The maximum absolute atomic E-state index is 13.8. The van der Waals surface area contributed by atoms with E-state index >= 15 is 0 Å². The SMILES string of the molecule is O=C(Cn1c2c(sc1=O)C(c1ccco1)C1C(=O)N(c3ccccc3C(F)(F)F)C(=O)C1S2)Nc1ccccc1. The van der Waals surface area contributed by atoms with Gasteiger partial charge in [-0.2, -0.15) is 13.2 Å². The molecule has 2 aromatic heterocycles. The van der Waals surface area contributed by atoms with Gasteiger partial charge in [-0.25, -0.2) is 4.90 Å². The van der Waals surface area contributed by atoms with E-state index in [2.05, 4.69) is 5.32 Å². The first-order chi connectivity index (χ1) is 19.1. The first kappa shape index (κ1) is 26.1. The fourth-order valence-corrected chi connectivity index (χ4v) is 7.79. The Kier molecular flexibility index (Phi) is 6.42. The van der Waals surface area contributed by atoms with E-state index in [4.69, 9.17) is 4.42 Å². The Labute approximate surface area is 232 Å². The highest BCUT2D eigenvalue weighted by molar-refractivity contribution is 8.00. The van der Waals surface area contributed by atoms with E-state index in [1.165, 1.54) is 23.0 Å². The van der Waals surface area contributed by atoms with E-state index in [0.717, 1.165) is 35.2 Å². The van der Waals surface area contributed by atoms with Crippen LogP contribution in [-0.4, -0.2) is 27.5 Å². The van der Waals surface area contributed by atoms with Gasteiger partial charge in [0.25, 0.3) is 0 Å². The minimum absolute atomic E-state index is 0.283. The average Bonchev–Trinajstić information content (AvgIpc) is 3.61. The van der Waals surface area contributed by atoms with Crippen molar-refractivity contribution in [3.05, 3.63) is 98.9 Å². The minimum atomic E-state index is -4.80. The molecule has 1 N–H and O–H groups in total. The summed E-state index contributed by atoms with van der Waals surface area (Å²) in [5, 5.41) is 1.86. The lowest BCUT2D eigenvalue weighted by atomic mass is 9.86. The molecule has 4 heterocycles. The lowest BCUT2D eigenvalue weighted by Crippen LogP contribution is -2.33. The predicted octanol–water partition coefficient (Wildman–Crippen LogP) is 4.96. The number of hydrogen-bond acceptors (Lipinski definition) is 7. The normalized spacial score (nSPS) is 20.4. The van der Waals surface area contributed by atoms with Crippen molar-refractivity contribution in [2.45, 2.75) is 28.9 Å². The van der Waals surface area contributed by atoms with Crippen molar-refractivity contribution < 1.29 is 32.0 Å². The highest BCUT2D eigenvalue weighted by Crippen LogP contribution is 2.54. The molecule has 1 saturated heterocycles. The first-order valence-electron chi connectivity index (χ1n) is 12.0. The van der Waals surface area contributed by atoms with Crippen LogP contribution in [0.3, 0.4) is 0 Å².